The maximum absolute atomic E-state index is 5.89. The Bertz CT molecular complexity index is 289. The minimum atomic E-state index is 0.530. The van der Waals surface area contributed by atoms with Gasteiger partial charge in [-0.25, -0.2) is 0 Å². The molecule has 2 N–H and O–H groups in total. The van der Waals surface area contributed by atoms with Gasteiger partial charge in [-0.15, -0.1) is 0 Å². The largest absolute Gasteiger partial charge is 0.330 e. The van der Waals surface area contributed by atoms with Gasteiger partial charge in [0.05, 0.1) is 0 Å². The molecule has 0 saturated carbocycles. The molecule has 0 aliphatic rings. The minimum Gasteiger partial charge on any atom is -0.330 e. The predicted octanol–water partition coefficient (Wildman–Crippen LogP) is 3.86. The molecule has 1 aromatic rings. The van der Waals surface area contributed by atoms with Crippen molar-refractivity contribution in [1.29, 1.82) is 0 Å². The molecule has 0 amide bonds. The van der Waals surface area contributed by atoms with E-state index in [9.17, 15) is 0 Å². The summed E-state index contributed by atoms with van der Waals surface area (Å²) in [4.78, 5) is 0. The number of aryl methyl sites for hydroxylation is 1. The molecule has 0 bridgehead atoms. The zero-order valence-corrected chi connectivity index (χ0v) is 10.9. The van der Waals surface area contributed by atoms with Crippen LogP contribution in [-0.4, -0.2) is 6.54 Å². The summed E-state index contributed by atoms with van der Waals surface area (Å²) in [7, 11) is 0. The topological polar surface area (TPSA) is 26.0 Å². The van der Waals surface area contributed by atoms with E-state index in [4.69, 9.17) is 5.73 Å². The van der Waals surface area contributed by atoms with Crippen molar-refractivity contribution >= 4 is 0 Å². The van der Waals surface area contributed by atoms with Gasteiger partial charge < -0.3 is 5.73 Å². The lowest BCUT2D eigenvalue weighted by molar-refractivity contribution is 0.438. The summed E-state index contributed by atoms with van der Waals surface area (Å²) in [6.07, 6.45) is 3.79. The maximum atomic E-state index is 5.89. The summed E-state index contributed by atoms with van der Waals surface area (Å²) in [6, 6.07) is 8.82. The molecule has 0 aliphatic heterocycles. The van der Waals surface area contributed by atoms with E-state index in [1.807, 2.05) is 0 Å². The zero-order valence-electron chi connectivity index (χ0n) is 10.9. The molecule has 2 atom stereocenters. The summed E-state index contributed by atoms with van der Waals surface area (Å²) in [5.74, 6) is 1.31. The van der Waals surface area contributed by atoms with Gasteiger partial charge in [0.25, 0.3) is 0 Å². The van der Waals surface area contributed by atoms with E-state index in [1.54, 1.807) is 0 Å². The Kier molecular flexibility index (Phi) is 5.54. The molecule has 0 aromatic heterocycles. The summed E-state index contributed by atoms with van der Waals surface area (Å²) in [6.45, 7) is 7.47. The third-order valence-electron chi connectivity index (χ3n) is 3.30. The molecular formula is C15H25N. The molecule has 0 radical (unpaired) electrons. The van der Waals surface area contributed by atoms with Crippen molar-refractivity contribution in [2.45, 2.75) is 46.0 Å². The van der Waals surface area contributed by atoms with Crippen LogP contribution in [0.3, 0.4) is 0 Å². The van der Waals surface area contributed by atoms with Crippen LogP contribution in [-0.2, 0) is 0 Å². The van der Waals surface area contributed by atoms with Crippen LogP contribution in [0.4, 0.5) is 0 Å². The van der Waals surface area contributed by atoms with Crippen LogP contribution in [0.2, 0.25) is 0 Å². The zero-order chi connectivity index (χ0) is 12.0. The van der Waals surface area contributed by atoms with Crippen LogP contribution < -0.4 is 5.73 Å². The molecule has 1 nitrogen and oxygen atoms in total. The Morgan fingerprint density at radius 1 is 1.19 bits per heavy atom. The smallest absolute Gasteiger partial charge is 0.000814 e. The quantitative estimate of drug-likeness (QED) is 0.772. The first-order valence-corrected chi connectivity index (χ1v) is 6.44. The monoisotopic (exact) mass is 219 g/mol. The fourth-order valence-corrected chi connectivity index (χ4v) is 2.30. The molecule has 2 unspecified atom stereocenters. The van der Waals surface area contributed by atoms with Crippen LogP contribution in [0.15, 0.2) is 24.3 Å². The molecule has 0 saturated heterocycles. The average Bonchev–Trinajstić information content (AvgIpc) is 2.27. The second-order valence-electron chi connectivity index (χ2n) is 4.97. The van der Waals surface area contributed by atoms with Crippen LogP contribution in [0.1, 0.15) is 50.2 Å². The molecule has 0 aliphatic carbocycles. The lowest BCUT2D eigenvalue weighted by Crippen LogP contribution is -2.15. The molecule has 1 heteroatoms. The highest BCUT2D eigenvalue weighted by molar-refractivity contribution is 5.24. The number of rotatable bonds is 6. The predicted molar refractivity (Wildman–Crippen MR) is 71.7 cm³/mol. The molecule has 0 spiro atoms. The fourth-order valence-electron chi connectivity index (χ4n) is 2.30. The van der Waals surface area contributed by atoms with Crippen molar-refractivity contribution in [2.24, 2.45) is 11.7 Å². The standard InChI is InChI=1S/C15H25N/c1-4-5-13(3)10-15(11-16)14-8-6-12(2)7-9-14/h6-9,13,15H,4-5,10-11,16H2,1-3H3. The van der Waals surface area contributed by atoms with Crippen molar-refractivity contribution in [2.75, 3.05) is 6.54 Å². The molecule has 1 rings (SSSR count). The third kappa shape index (κ3) is 3.97. The Balaban J connectivity index is 2.63. The second-order valence-corrected chi connectivity index (χ2v) is 4.97. The molecule has 90 valence electrons. The first-order valence-electron chi connectivity index (χ1n) is 6.44. The van der Waals surface area contributed by atoms with Gasteiger partial charge >= 0.3 is 0 Å². The molecule has 0 fully saturated rings. The number of hydrogen-bond donors (Lipinski definition) is 1. The van der Waals surface area contributed by atoms with Gasteiger partial charge in [0.1, 0.15) is 0 Å². The van der Waals surface area contributed by atoms with Crippen LogP contribution in [0, 0.1) is 12.8 Å². The number of hydrogen-bond acceptors (Lipinski definition) is 1. The van der Waals surface area contributed by atoms with Crippen molar-refractivity contribution < 1.29 is 0 Å². The number of benzene rings is 1. The SMILES string of the molecule is CCCC(C)CC(CN)c1ccc(C)cc1. The van der Waals surface area contributed by atoms with Gasteiger partial charge in [-0.2, -0.15) is 0 Å². The molecule has 16 heavy (non-hydrogen) atoms. The Labute approximate surface area is 100 Å². The van der Waals surface area contributed by atoms with E-state index in [1.165, 1.54) is 30.4 Å². The number of nitrogens with two attached hydrogens (primary N) is 1. The Morgan fingerprint density at radius 3 is 2.31 bits per heavy atom. The van der Waals surface area contributed by atoms with E-state index >= 15 is 0 Å². The van der Waals surface area contributed by atoms with Crippen molar-refractivity contribution in [3.05, 3.63) is 35.4 Å². The highest BCUT2D eigenvalue weighted by Gasteiger charge is 2.13. The first-order chi connectivity index (χ1) is 7.67. The average molecular weight is 219 g/mol. The highest BCUT2D eigenvalue weighted by Crippen LogP contribution is 2.25. The highest BCUT2D eigenvalue weighted by atomic mass is 14.5. The van der Waals surface area contributed by atoms with Crippen molar-refractivity contribution in [3.8, 4) is 0 Å². The molecular weight excluding hydrogens is 194 g/mol. The van der Waals surface area contributed by atoms with Gasteiger partial charge in [-0.05, 0) is 37.3 Å². The van der Waals surface area contributed by atoms with Gasteiger partial charge in [0, 0.05) is 0 Å². The summed E-state index contributed by atoms with van der Waals surface area (Å²) < 4.78 is 0. The minimum absolute atomic E-state index is 0.530. The Morgan fingerprint density at radius 2 is 1.81 bits per heavy atom. The molecule has 1 aromatic carbocycles. The van der Waals surface area contributed by atoms with Gasteiger partial charge in [0.2, 0.25) is 0 Å². The van der Waals surface area contributed by atoms with E-state index in [2.05, 4.69) is 45.0 Å². The van der Waals surface area contributed by atoms with Gasteiger partial charge in [0.15, 0.2) is 0 Å². The van der Waals surface area contributed by atoms with Crippen molar-refractivity contribution in [3.63, 3.8) is 0 Å². The van der Waals surface area contributed by atoms with Crippen molar-refractivity contribution in [1.82, 2.24) is 0 Å². The normalized spacial score (nSPS) is 14.8. The van der Waals surface area contributed by atoms with E-state index in [0.717, 1.165) is 12.5 Å². The lowest BCUT2D eigenvalue weighted by atomic mass is 9.87. The Hall–Kier alpha value is -0.820. The van der Waals surface area contributed by atoms with E-state index in [0.29, 0.717) is 5.92 Å². The van der Waals surface area contributed by atoms with Crippen LogP contribution in [0.5, 0.6) is 0 Å². The summed E-state index contributed by atoms with van der Waals surface area (Å²) in [5.41, 5.74) is 8.61. The van der Waals surface area contributed by atoms with E-state index in [-0.39, 0.29) is 0 Å². The second kappa shape index (κ2) is 6.70. The summed E-state index contributed by atoms with van der Waals surface area (Å²) in [5, 5.41) is 0. The lowest BCUT2D eigenvalue weighted by Gasteiger charge is -2.19. The van der Waals surface area contributed by atoms with Gasteiger partial charge in [-0.3, -0.25) is 0 Å². The van der Waals surface area contributed by atoms with Crippen LogP contribution in [0.25, 0.3) is 0 Å². The van der Waals surface area contributed by atoms with Crippen LogP contribution >= 0.6 is 0 Å². The third-order valence-corrected chi connectivity index (χ3v) is 3.30. The summed E-state index contributed by atoms with van der Waals surface area (Å²) >= 11 is 0. The fraction of sp³-hybridized carbons (Fsp3) is 0.600. The van der Waals surface area contributed by atoms with E-state index < -0.39 is 0 Å². The van der Waals surface area contributed by atoms with Gasteiger partial charge in [-0.1, -0.05) is 56.5 Å². The maximum Gasteiger partial charge on any atom is -0.000814 e. The first kappa shape index (κ1) is 13.2. The molecule has 0 heterocycles.